The zero-order valence-electron chi connectivity index (χ0n) is 13.3. The van der Waals surface area contributed by atoms with Gasteiger partial charge >= 0.3 is 12.4 Å². The molecule has 0 aliphatic rings. The van der Waals surface area contributed by atoms with Gasteiger partial charge in [0.05, 0.1) is 16.9 Å². The van der Waals surface area contributed by atoms with Crippen molar-refractivity contribution in [1.82, 2.24) is 15.2 Å². The van der Waals surface area contributed by atoms with E-state index in [1.807, 2.05) is 5.32 Å². The lowest BCUT2D eigenvalue weighted by Crippen LogP contribution is -2.18. The summed E-state index contributed by atoms with van der Waals surface area (Å²) >= 11 is 0.704. The van der Waals surface area contributed by atoms with E-state index in [4.69, 9.17) is 0 Å². The quantitative estimate of drug-likeness (QED) is 0.595. The van der Waals surface area contributed by atoms with Crippen LogP contribution in [0.4, 0.5) is 32.0 Å². The summed E-state index contributed by atoms with van der Waals surface area (Å²) in [6.45, 7) is 1.40. The SMILES string of the molecule is Cc1nnc(SCC(=O)Nc2cc(C(F)(F)F)cc(C(F)(F)F)c2)[nH]c1=O. The van der Waals surface area contributed by atoms with Crippen molar-refractivity contribution in [2.24, 2.45) is 0 Å². The predicted molar refractivity (Wildman–Crippen MR) is 83.2 cm³/mol. The molecule has 0 radical (unpaired) electrons. The second-order valence-corrected chi connectivity index (χ2v) is 6.14. The van der Waals surface area contributed by atoms with E-state index in [0.29, 0.717) is 23.9 Å². The van der Waals surface area contributed by atoms with E-state index < -0.39 is 46.4 Å². The van der Waals surface area contributed by atoms with Crippen molar-refractivity contribution in [2.75, 3.05) is 11.1 Å². The molecule has 0 bridgehead atoms. The third kappa shape index (κ3) is 5.70. The van der Waals surface area contributed by atoms with Crippen molar-refractivity contribution in [1.29, 1.82) is 0 Å². The number of hydrogen-bond acceptors (Lipinski definition) is 5. The van der Waals surface area contributed by atoms with Crippen LogP contribution in [0.25, 0.3) is 0 Å². The molecular weight excluding hydrogens is 402 g/mol. The minimum Gasteiger partial charge on any atom is -0.325 e. The molecule has 2 N–H and O–H groups in total. The minimum absolute atomic E-state index is 0.0271. The maximum absolute atomic E-state index is 12.8. The summed E-state index contributed by atoms with van der Waals surface area (Å²) in [6, 6.07) is 0.744. The number of alkyl halides is 6. The number of carbonyl (C=O) groups excluding carboxylic acids is 1. The first-order chi connectivity index (χ1) is 12.4. The number of aromatic nitrogens is 3. The monoisotopic (exact) mass is 412 g/mol. The fourth-order valence-electron chi connectivity index (χ4n) is 1.80. The van der Waals surface area contributed by atoms with E-state index in [-0.39, 0.29) is 16.9 Å². The van der Waals surface area contributed by atoms with Crippen LogP contribution in [0.3, 0.4) is 0 Å². The molecule has 0 spiro atoms. The van der Waals surface area contributed by atoms with Gasteiger partial charge in [-0.3, -0.25) is 14.6 Å². The molecule has 1 aromatic carbocycles. The predicted octanol–water partition coefficient (Wildman–Crippen LogP) is 3.24. The third-order valence-electron chi connectivity index (χ3n) is 3.05. The zero-order chi connectivity index (χ0) is 20.4. The van der Waals surface area contributed by atoms with Crippen molar-refractivity contribution < 1.29 is 31.1 Å². The first kappa shape index (κ1) is 20.7. The van der Waals surface area contributed by atoms with Gasteiger partial charge in [0.25, 0.3) is 5.56 Å². The molecule has 0 saturated heterocycles. The Hall–Kier alpha value is -2.57. The van der Waals surface area contributed by atoms with Crippen LogP contribution in [0.2, 0.25) is 0 Å². The Labute approximate surface area is 151 Å². The third-order valence-corrected chi connectivity index (χ3v) is 3.91. The highest BCUT2D eigenvalue weighted by Crippen LogP contribution is 2.37. The highest BCUT2D eigenvalue weighted by atomic mass is 32.2. The van der Waals surface area contributed by atoms with Gasteiger partial charge in [0.1, 0.15) is 5.69 Å². The van der Waals surface area contributed by atoms with Crippen molar-refractivity contribution >= 4 is 23.4 Å². The first-order valence-electron chi connectivity index (χ1n) is 7.02. The lowest BCUT2D eigenvalue weighted by Gasteiger charge is -2.14. The molecule has 27 heavy (non-hydrogen) atoms. The zero-order valence-corrected chi connectivity index (χ0v) is 14.1. The van der Waals surface area contributed by atoms with E-state index in [1.165, 1.54) is 6.92 Å². The number of aromatic amines is 1. The van der Waals surface area contributed by atoms with Crippen molar-refractivity contribution in [3.63, 3.8) is 0 Å². The Bertz CT molecular complexity index is 877. The largest absolute Gasteiger partial charge is 0.416 e. The smallest absolute Gasteiger partial charge is 0.325 e. The summed E-state index contributed by atoms with van der Waals surface area (Å²) in [5.74, 6) is -1.32. The van der Waals surface area contributed by atoms with Gasteiger partial charge in [-0.05, 0) is 25.1 Å². The number of aryl methyl sites for hydroxylation is 1. The Kier molecular flexibility index (Phi) is 5.82. The number of benzene rings is 1. The van der Waals surface area contributed by atoms with E-state index in [0.717, 1.165) is 0 Å². The molecule has 0 aliphatic heterocycles. The van der Waals surface area contributed by atoms with Crippen LogP contribution in [-0.2, 0) is 17.1 Å². The molecule has 0 fully saturated rings. The molecule has 6 nitrogen and oxygen atoms in total. The summed E-state index contributed by atoms with van der Waals surface area (Å²) in [6.07, 6.45) is -10.0. The molecular formula is C14H10F6N4O2S. The van der Waals surface area contributed by atoms with Gasteiger partial charge in [0.2, 0.25) is 5.91 Å². The Morgan fingerprint density at radius 2 is 1.63 bits per heavy atom. The number of nitrogens with one attached hydrogen (secondary N) is 2. The van der Waals surface area contributed by atoms with Crippen LogP contribution in [0.15, 0.2) is 28.2 Å². The Balaban J connectivity index is 2.16. The van der Waals surface area contributed by atoms with Gasteiger partial charge in [0, 0.05) is 5.69 Å². The van der Waals surface area contributed by atoms with Gasteiger partial charge in [0.15, 0.2) is 5.16 Å². The van der Waals surface area contributed by atoms with Crippen molar-refractivity contribution in [2.45, 2.75) is 24.4 Å². The van der Waals surface area contributed by atoms with Crippen LogP contribution >= 0.6 is 11.8 Å². The molecule has 1 aromatic heterocycles. The standard InChI is InChI=1S/C14H10F6N4O2S/c1-6-11(26)22-12(24-23-6)27-5-10(25)21-9-3-7(13(15,16)17)2-8(4-9)14(18,19)20/h2-4H,5H2,1H3,(H,21,25)(H,22,24,26). The van der Waals surface area contributed by atoms with Crippen LogP contribution in [0, 0.1) is 6.92 Å². The van der Waals surface area contributed by atoms with Gasteiger partial charge < -0.3 is 5.32 Å². The first-order valence-corrected chi connectivity index (χ1v) is 8.00. The number of anilines is 1. The van der Waals surface area contributed by atoms with Crippen LogP contribution in [-0.4, -0.2) is 26.8 Å². The number of H-pyrrole nitrogens is 1. The Morgan fingerprint density at radius 3 is 2.11 bits per heavy atom. The molecule has 0 unspecified atom stereocenters. The van der Waals surface area contributed by atoms with Gasteiger partial charge in [-0.15, -0.1) is 10.2 Å². The van der Waals surface area contributed by atoms with Crippen molar-refractivity contribution in [3.8, 4) is 0 Å². The van der Waals surface area contributed by atoms with Crippen LogP contribution in [0.5, 0.6) is 0 Å². The van der Waals surface area contributed by atoms with Gasteiger partial charge in [-0.1, -0.05) is 11.8 Å². The highest BCUT2D eigenvalue weighted by molar-refractivity contribution is 7.99. The Morgan fingerprint density at radius 1 is 1.07 bits per heavy atom. The van der Waals surface area contributed by atoms with Gasteiger partial charge in [-0.2, -0.15) is 26.3 Å². The molecule has 0 atom stereocenters. The molecule has 1 amide bonds. The maximum atomic E-state index is 12.8. The lowest BCUT2D eigenvalue weighted by atomic mass is 10.1. The molecule has 13 heteroatoms. The number of hydrogen-bond donors (Lipinski definition) is 2. The lowest BCUT2D eigenvalue weighted by molar-refractivity contribution is -0.143. The second-order valence-electron chi connectivity index (χ2n) is 5.18. The topological polar surface area (TPSA) is 87.7 Å². The number of thioether (sulfide) groups is 1. The number of nitrogens with zero attached hydrogens (tertiary/aromatic N) is 2. The van der Waals surface area contributed by atoms with Crippen molar-refractivity contribution in [3.05, 3.63) is 45.4 Å². The molecule has 0 saturated carbocycles. The number of halogens is 6. The summed E-state index contributed by atoms with van der Waals surface area (Å²) in [7, 11) is 0. The molecule has 146 valence electrons. The number of carbonyl (C=O) groups is 1. The van der Waals surface area contributed by atoms with E-state index in [2.05, 4.69) is 15.2 Å². The fourth-order valence-corrected chi connectivity index (χ4v) is 2.40. The van der Waals surface area contributed by atoms with Crippen LogP contribution in [0.1, 0.15) is 16.8 Å². The summed E-state index contributed by atoms with van der Waals surface area (Å²) in [5, 5.41) is 9.05. The fraction of sp³-hybridized carbons (Fsp3) is 0.286. The van der Waals surface area contributed by atoms with E-state index >= 15 is 0 Å². The van der Waals surface area contributed by atoms with Crippen LogP contribution < -0.4 is 10.9 Å². The average molecular weight is 412 g/mol. The summed E-state index contributed by atoms with van der Waals surface area (Å²) in [5.41, 5.74) is -4.21. The van der Waals surface area contributed by atoms with E-state index in [1.54, 1.807) is 0 Å². The minimum atomic E-state index is -5.02. The number of amides is 1. The number of rotatable bonds is 4. The van der Waals surface area contributed by atoms with E-state index in [9.17, 15) is 35.9 Å². The maximum Gasteiger partial charge on any atom is 0.416 e. The molecule has 2 aromatic rings. The normalized spacial score (nSPS) is 12.1. The van der Waals surface area contributed by atoms with Gasteiger partial charge in [-0.25, -0.2) is 0 Å². The molecule has 2 rings (SSSR count). The average Bonchev–Trinajstić information content (AvgIpc) is 2.54. The second kappa shape index (κ2) is 7.58. The molecule has 1 heterocycles. The molecule has 0 aliphatic carbocycles. The highest BCUT2D eigenvalue weighted by Gasteiger charge is 2.37. The summed E-state index contributed by atoms with van der Waals surface area (Å²) < 4.78 is 76.7. The summed E-state index contributed by atoms with van der Waals surface area (Å²) in [4.78, 5) is 25.5.